The van der Waals surface area contributed by atoms with Gasteiger partial charge in [0.15, 0.2) is 0 Å². The van der Waals surface area contributed by atoms with E-state index in [2.05, 4.69) is 66.1 Å². The topological polar surface area (TPSA) is 17.8 Å². The Bertz CT molecular complexity index is 2950. The highest BCUT2D eigenvalue weighted by Gasteiger charge is 2.25. The molecule has 0 amide bonds. The molecule has 2 nitrogen and oxygen atoms in total. The van der Waals surface area contributed by atoms with Gasteiger partial charge in [-0.25, -0.2) is 4.98 Å². The molecule has 10 heteroatoms. The van der Waals surface area contributed by atoms with Crippen molar-refractivity contribution in [3.05, 3.63) is 133 Å². The van der Waals surface area contributed by atoms with Gasteiger partial charge in [0, 0.05) is 12.1 Å². The first-order valence-electron chi connectivity index (χ1n) is 18.7. The molecule has 0 saturated carbocycles. The molecule has 57 heavy (non-hydrogen) atoms. The Labute approximate surface area is 343 Å². The summed E-state index contributed by atoms with van der Waals surface area (Å²) in [6.45, 7) is 2.09. The highest BCUT2D eigenvalue weighted by atomic mass is 15.1. The number of fused-ring (bicyclic) bond motifs is 3. The average molecular weight is 705 g/mol. The molecule has 8 aromatic carbocycles. The number of imidazole rings is 1. The molecule has 9 rings (SSSR count). The highest BCUT2D eigenvalue weighted by Crippen LogP contribution is 2.43. The van der Waals surface area contributed by atoms with Gasteiger partial charge in [-0.15, -0.1) is 21.9 Å². The maximum absolute atomic E-state index is 7.12. The Morgan fingerprint density at radius 2 is 0.825 bits per heavy atom. The van der Waals surface area contributed by atoms with Gasteiger partial charge in [0.25, 0.3) is 0 Å². The van der Waals surface area contributed by atoms with Gasteiger partial charge in [0.1, 0.15) is 68.6 Å². The molecule has 16 radical (unpaired) electrons. The van der Waals surface area contributed by atoms with Gasteiger partial charge < -0.3 is 0 Å². The highest BCUT2D eigenvalue weighted by molar-refractivity contribution is 6.71. The third kappa shape index (κ3) is 5.87. The molecule has 0 N–H and O–H groups in total. The maximum Gasteiger partial charge on any atom is 0.114 e. The van der Waals surface area contributed by atoms with E-state index in [0.717, 1.165) is 55.9 Å². The SMILES string of the molecule is [B]c1c([B])c([B])c2c(-c3cccc(-n4c(CC)nc5ccccc54)c3)c3c([B])c([B])c([B])c([B])c3c(-c3cc(-c4ccccc4)cc(-c4ccccc4)c3)c2c1[B]. The van der Waals surface area contributed by atoms with Crippen molar-refractivity contribution < 1.29 is 0 Å². The molecule has 0 fully saturated rings. The summed E-state index contributed by atoms with van der Waals surface area (Å²) in [5, 5.41) is 2.25. The van der Waals surface area contributed by atoms with E-state index < -0.39 is 0 Å². The van der Waals surface area contributed by atoms with E-state index in [9.17, 15) is 0 Å². The number of benzene rings is 8. The lowest BCUT2D eigenvalue weighted by molar-refractivity contribution is 0.908. The van der Waals surface area contributed by atoms with Crippen molar-refractivity contribution in [3.8, 4) is 50.2 Å². The van der Waals surface area contributed by atoms with Crippen molar-refractivity contribution in [2.24, 2.45) is 0 Å². The zero-order valence-electron chi connectivity index (χ0n) is 31.3. The van der Waals surface area contributed by atoms with Crippen molar-refractivity contribution >= 4 is 139 Å². The monoisotopic (exact) mass is 706 g/mol. The maximum atomic E-state index is 7.12. The van der Waals surface area contributed by atoms with Gasteiger partial charge in [0.05, 0.1) is 11.0 Å². The van der Waals surface area contributed by atoms with E-state index >= 15 is 0 Å². The van der Waals surface area contributed by atoms with Crippen LogP contribution in [-0.4, -0.2) is 72.3 Å². The average Bonchev–Trinajstić information content (AvgIpc) is 3.64. The van der Waals surface area contributed by atoms with Gasteiger partial charge in [-0.2, -0.15) is 0 Å². The van der Waals surface area contributed by atoms with Gasteiger partial charge >= 0.3 is 0 Å². The Balaban J connectivity index is 1.48. The van der Waals surface area contributed by atoms with Crippen molar-refractivity contribution in [1.29, 1.82) is 0 Å². The van der Waals surface area contributed by atoms with Gasteiger partial charge in [0.2, 0.25) is 0 Å². The fraction of sp³-hybridized carbons (Fsp3) is 0.0426. The third-order valence-electron chi connectivity index (χ3n) is 11.1. The molecule has 1 heterocycles. The number of aryl methyl sites for hydroxylation is 1. The minimum atomic E-state index is 0.162. The van der Waals surface area contributed by atoms with Crippen molar-refractivity contribution in [2.45, 2.75) is 13.3 Å². The Hall–Kier alpha value is -5.73. The second-order valence-electron chi connectivity index (χ2n) is 14.3. The molecule has 248 valence electrons. The Morgan fingerprint density at radius 3 is 1.32 bits per heavy atom. The summed E-state index contributed by atoms with van der Waals surface area (Å²) in [5.74, 6) is 0.910. The summed E-state index contributed by atoms with van der Waals surface area (Å²) in [5.41, 5.74) is 11.2. The summed E-state index contributed by atoms with van der Waals surface area (Å²) in [7, 11) is 55.4. The number of aromatic nitrogens is 2. The van der Waals surface area contributed by atoms with Crippen LogP contribution in [0.2, 0.25) is 0 Å². The lowest BCUT2D eigenvalue weighted by Crippen LogP contribution is -2.50. The second kappa shape index (κ2) is 14.3. The standard InChI is InChI=1S/C47H26B8N2/c1-2-33-56-31-18-9-10-19-32(31)57(33)30-17-11-16-26(23-30)34-36-38(42(50)46(54)44(52)40(36)48)35(39-37(34)41(49)45(53)47(55)43(39)51)29-21-27(24-12-5-3-6-13-24)20-28(22-29)25-14-7-4-8-15-25/h3-23H,2H2,1H3. The third-order valence-corrected chi connectivity index (χ3v) is 11.1. The van der Waals surface area contributed by atoms with Crippen molar-refractivity contribution in [1.82, 2.24) is 9.55 Å². The molecule has 0 unspecified atom stereocenters. The van der Waals surface area contributed by atoms with E-state index in [1.807, 2.05) is 72.8 Å². The molecule has 0 atom stereocenters. The van der Waals surface area contributed by atoms with Crippen LogP contribution in [0.4, 0.5) is 0 Å². The van der Waals surface area contributed by atoms with E-state index in [-0.39, 0.29) is 43.7 Å². The summed E-state index contributed by atoms with van der Waals surface area (Å²) in [4.78, 5) is 4.94. The normalized spacial score (nSPS) is 11.5. The van der Waals surface area contributed by atoms with Gasteiger partial charge in [-0.1, -0.05) is 114 Å². The van der Waals surface area contributed by atoms with Crippen LogP contribution < -0.4 is 43.7 Å². The minimum absolute atomic E-state index is 0.162. The Kier molecular flexibility index (Phi) is 9.27. The van der Waals surface area contributed by atoms with E-state index in [4.69, 9.17) is 67.8 Å². The van der Waals surface area contributed by atoms with Crippen molar-refractivity contribution in [3.63, 3.8) is 0 Å². The molecule has 0 aliphatic rings. The molecule has 0 spiro atoms. The van der Waals surface area contributed by atoms with Crippen LogP contribution in [0.15, 0.2) is 127 Å². The number of hydrogen-bond donors (Lipinski definition) is 0. The lowest BCUT2D eigenvalue weighted by atomic mass is 9.59. The zero-order valence-corrected chi connectivity index (χ0v) is 31.3. The van der Waals surface area contributed by atoms with Crippen LogP contribution in [0, 0.1) is 0 Å². The van der Waals surface area contributed by atoms with Crippen LogP contribution >= 0.6 is 0 Å². The molecular weight excluding hydrogens is 679 g/mol. The fourth-order valence-corrected chi connectivity index (χ4v) is 8.29. The number of nitrogens with zero attached hydrogens (tertiary/aromatic N) is 2. The molecule has 0 aliphatic carbocycles. The van der Waals surface area contributed by atoms with E-state index in [1.165, 1.54) is 0 Å². The summed E-state index contributed by atoms with van der Waals surface area (Å²) < 4.78 is 2.16. The van der Waals surface area contributed by atoms with E-state index in [0.29, 0.717) is 39.1 Å². The smallest absolute Gasteiger partial charge is 0.114 e. The van der Waals surface area contributed by atoms with E-state index in [1.54, 1.807) is 0 Å². The van der Waals surface area contributed by atoms with Crippen LogP contribution in [-0.2, 0) is 6.42 Å². The predicted molar refractivity (Wildman–Crippen MR) is 250 cm³/mol. The van der Waals surface area contributed by atoms with Crippen LogP contribution in [0.3, 0.4) is 0 Å². The summed E-state index contributed by atoms with van der Waals surface area (Å²) in [6, 6.07) is 42.9. The first-order valence-corrected chi connectivity index (χ1v) is 18.7. The van der Waals surface area contributed by atoms with Gasteiger partial charge in [-0.3, -0.25) is 4.57 Å². The van der Waals surface area contributed by atoms with Crippen LogP contribution in [0.25, 0.3) is 82.8 Å². The summed E-state index contributed by atoms with van der Waals surface area (Å²) >= 11 is 0. The van der Waals surface area contributed by atoms with Crippen LogP contribution in [0.1, 0.15) is 12.7 Å². The molecular formula is C47H26B8N2. The predicted octanol–water partition coefficient (Wildman–Crippen LogP) is 2.91. The lowest BCUT2D eigenvalue weighted by Gasteiger charge is -2.29. The van der Waals surface area contributed by atoms with Gasteiger partial charge in [-0.05, 0) is 109 Å². The zero-order chi connectivity index (χ0) is 39.7. The largest absolute Gasteiger partial charge is 0.296 e. The first kappa shape index (κ1) is 36.9. The molecule has 1 aromatic heterocycles. The number of para-hydroxylation sites is 2. The Morgan fingerprint density at radius 1 is 0.404 bits per heavy atom. The number of hydrogen-bond acceptors (Lipinski definition) is 1. The molecule has 9 aromatic rings. The quantitative estimate of drug-likeness (QED) is 0.193. The summed E-state index contributed by atoms with van der Waals surface area (Å²) in [6.07, 6.45) is 0.713. The van der Waals surface area contributed by atoms with Crippen molar-refractivity contribution in [2.75, 3.05) is 0 Å². The van der Waals surface area contributed by atoms with Crippen LogP contribution in [0.5, 0.6) is 0 Å². The second-order valence-corrected chi connectivity index (χ2v) is 14.3. The molecule has 0 aliphatic heterocycles. The number of rotatable bonds is 6. The first-order chi connectivity index (χ1) is 27.6. The fourth-order valence-electron chi connectivity index (χ4n) is 8.29. The minimum Gasteiger partial charge on any atom is -0.296 e. The molecule has 0 saturated heterocycles. The molecule has 0 bridgehead atoms.